The van der Waals surface area contributed by atoms with E-state index in [4.69, 9.17) is 16.3 Å². The molecule has 0 unspecified atom stereocenters. The molecule has 4 nitrogen and oxygen atoms in total. The van der Waals surface area contributed by atoms with Crippen molar-refractivity contribution in [1.82, 2.24) is 0 Å². The van der Waals surface area contributed by atoms with E-state index in [1.54, 1.807) is 0 Å². The molecule has 0 rings (SSSR count). The number of unbranched alkanes of at least 4 members (excludes halogenated alkanes) is 2. The highest BCUT2D eigenvalue weighted by atomic mass is 35.5. The Labute approximate surface area is 101 Å². The smallest absolute Gasteiger partial charge is 0.331 e. The maximum atomic E-state index is 11.0. The molecule has 0 fully saturated rings. The lowest BCUT2D eigenvalue weighted by Crippen LogP contribution is -2.06. The Morgan fingerprint density at radius 2 is 1.62 bits per heavy atom. The summed E-state index contributed by atoms with van der Waals surface area (Å²) in [4.78, 5) is 21.9. The van der Waals surface area contributed by atoms with Crippen molar-refractivity contribution in [3.63, 3.8) is 0 Å². The molecule has 0 radical (unpaired) electrons. The van der Waals surface area contributed by atoms with Crippen LogP contribution in [0.5, 0.6) is 0 Å². The van der Waals surface area contributed by atoms with Gasteiger partial charge in [-0.25, -0.2) is 9.59 Å². The molecule has 0 aliphatic carbocycles. The lowest BCUT2D eigenvalue weighted by molar-refractivity contribution is -0.140. The zero-order valence-corrected chi connectivity index (χ0v) is 10.2. The third-order valence-corrected chi connectivity index (χ3v) is 1.82. The molecular weight excluding hydrogens is 232 g/mol. The Kier molecular flexibility index (Phi) is 9.81. The lowest BCUT2D eigenvalue weighted by atomic mass is 10.3. The molecule has 0 saturated heterocycles. The van der Waals surface area contributed by atoms with Crippen LogP contribution >= 0.6 is 11.6 Å². The van der Waals surface area contributed by atoms with E-state index in [-0.39, 0.29) is 12.5 Å². The van der Waals surface area contributed by atoms with Crippen molar-refractivity contribution in [3.05, 3.63) is 12.2 Å². The Balaban J connectivity index is 3.60. The number of carbonyl (C=O) groups is 2. The van der Waals surface area contributed by atoms with Crippen LogP contribution in [0.15, 0.2) is 12.2 Å². The molecule has 0 aliphatic heterocycles. The topological polar surface area (TPSA) is 52.6 Å². The van der Waals surface area contributed by atoms with Gasteiger partial charge in [-0.3, -0.25) is 0 Å². The lowest BCUT2D eigenvalue weighted by Gasteiger charge is -2.00. The van der Waals surface area contributed by atoms with Crippen LogP contribution in [0.4, 0.5) is 0 Å². The van der Waals surface area contributed by atoms with Gasteiger partial charge in [0.25, 0.3) is 0 Å². The summed E-state index contributed by atoms with van der Waals surface area (Å²) in [7, 11) is 0. The quantitative estimate of drug-likeness (QED) is 0.286. The third-order valence-electron chi connectivity index (χ3n) is 1.67. The predicted octanol–water partition coefficient (Wildman–Crippen LogP) is 2.06. The maximum Gasteiger partial charge on any atom is 0.331 e. The first-order valence-electron chi connectivity index (χ1n) is 5.28. The van der Waals surface area contributed by atoms with Crippen LogP contribution in [0, 0.1) is 0 Å². The standard InChI is InChI=1S/C11H17ClO4/c1-2-3-4-8-15-10(13)5-6-11(14)16-9-7-12/h5-6H,2-4,7-9H2,1H3/b6-5+. The molecule has 0 aromatic carbocycles. The summed E-state index contributed by atoms with van der Waals surface area (Å²) in [6.07, 6.45) is 5.02. The monoisotopic (exact) mass is 248 g/mol. The Morgan fingerprint density at radius 1 is 1.06 bits per heavy atom. The van der Waals surface area contributed by atoms with Crippen LogP contribution in [-0.2, 0) is 19.1 Å². The van der Waals surface area contributed by atoms with Gasteiger partial charge in [0.1, 0.15) is 6.61 Å². The summed E-state index contributed by atoms with van der Waals surface area (Å²) in [5.41, 5.74) is 0. The fraction of sp³-hybridized carbons (Fsp3) is 0.636. The van der Waals surface area contributed by atoms with Gasteiger partial charge in [-0.05, 0) is 6.42 Å². The van der Waals surface area contributed by atoms with E-state index in [2.05, 4.69) is 11.7 Å². The number of halogens is 1. The average Bonchev–Trinajstić information content (AvgIpc) is 2.29. The van der Waals surface area contributed by atoms with Gasteiger partial charge in [0, 0.05) is 12.2 Å². The molecule has 0 N–H and O–H groups in total. The van der Waals surface area contributed by atoms with Gasteiger partial charge in [0.15, 0.2) is 0 Å². The number of ether oxygens (including phenoxy) is 2. The van der Waals surface area contributed by atoms with Gasteiger partial charge in [0.2, 0.25) is 0 Å². The summed E-state index contributed by atoms with van der Waals surface area (Å²) < 4.78 is 9.46. The molecule has 92 valence electrons. The molecule has 0 atom stereocenters. The highest BCUT2D eigenvalue weighted by Crippen LogP contribution is 1.95. The average molecular weight is 249 g/mol. The van der Waals surface area contributed by atoms with Gasteiger partial charge in [0.05, 0.1) is 12.5 Å². The zero-order valence-electron chi connectivity index (χ0n) is 9.41. The predicted molar refractivity (Wildman–Crippen MR) is 61.3 cm³/mol. The van der Waals surface area contributed by atoms with Crippen molar-refractivity contribution in [2.24, 2.45) is 0 Å². The van der Waals surface area contributed by atoms with E-state index in [0.717, 1.165) is 31.4 Å². The number of carbonyl (C=O) groups excluding carboxylic acids is 2. The minimum absolute atomic E-state index is 0.135. The number of esters is 2. The molecule has 0 bridgehead atoms. The van der Waals surface area contributed by atoms with Gasteiger partial charge in [-0.1, -0.05) is 19.8 Å². The van der Waals surface area contributed by atoms with Crippen LogP contribution in [0.2, 0.25) is 0 Å². The fourth-order valence-electron chi connectivity index (χ4n) is 0.896. The van der Waals surface area contributed by atoms with Gasteiger partial charge in [-0.2, -0.15) is 0 Å². The van der Waals surface area contributed by atoms with Crippen LogP contribution in [-0.4, -0.2) is 31.0 Å². The number of hydrogen-bond acceptors (Lipinski definition) is 4. The maximum absolute atomic E-state index is 11.0. The summed E-state index contributed by atoms with van der Waals surface area (Å²) in [6.45, 7) is 2.58. The fourth-order valence-corrected chi connectivity index (χ4v) is 0.973. The molecule has 0 aliphatic rings. The SMILES string of the molecule is CCCCCOC(=O)/C=C/C(=O)OCCCl. The molecule has 0 spiro atoms. The number of hydrogen-bond donors (Lipinski definition) is 0. The largest absolute Gasteiger partial charge is 0.463 e. The van der Waals surface area contributed by atoms with E-state index in [1.165, 1.54) is 0 Å². The van der Waals surface area contributed by atoms with Gasteiger partial charge >= 0.3 is 11.9 Å². The van der Waals surface area contributed by atoms with Crippen molar-refractivity contribution in [1.29, 1.82) is 0 Å². The Hall–Kier alpha value is -1.03. The zero-order chi connectivity index (χ0) is 12.2. The van der Waals surface area contributed by atoms with Crippen molar-refractivity contribution in [2.45, 2.75) is 26.2 Å². The van der Waals surface area contributed by atoms with E-state index >= 15 is 0 Å². The number of alkyl halides is 1. The molecule has 16 heavy (non-hydrogen) atoms. The first kappa shape index (κ1) is 15.0. The van der Waals surface area contributed by atoms with Crippen molar-refractivity contribution in [3.8, 4) is 0 Å². The summed E-state index contributed by atoms with van der Waals surface area (Å²) in [6, 6.07) is 0. The molecule has 0 amide bonds. The minimum atomic E-state index is -0.592. The highest BCUT2D eigenvalue weighted by Gasteiger charge is 2.00. The van der Waals surface area contributed by atoms with Crippen LogP contribution < -0.4 is 0 Å². The van der Waals surface area contributed by atoms with E-state index in [9.17, 15) is 9.59 Å². The van der Waals surface area contributed by atoms with Crippen LogP contribution in [0.25, 0.3) is 0 Å². The molecule has 0 heterocycles. The van der Waals surface area contributed by atoms with E-state index in [1.807, 2.05) is 0 Å². The second kappa shape index (κ2) is 10.5. The second-order valence-electron chi connectivity index (χ2n) is 3.06. The van der Waals surface area contributed by atoms with E-state index in [0.29, 0.717) is 6.61 Å². The Morgan fingerprint density at radius 3 is 2.12 bits per heavy atom. The first-order chi connectivity index (χ1) is 7.70. The van der Waals surface area contributed by atoms with Gasteiger partial charge in [-0.15, -0.1) is 11.6 Å². The van der Waals surface area contributed by atoms with Crippen molar-refractivity contribution >= 4 is 23.5 Å². The van der Waals surface area contributed by atoms with E-state index < -0.39 is 11.9 Å². The second-order valence-corrected chi connectivity index (χ2v) is 3.44. The Bertz CT molecular complexity index is 238. The highest BCUT2D eigenvalue weighted by molar-refractivity contribution is 6.18. The van der Waals surface area contributed by atoms with Crippen LogP contribution in [0.1, 0.15) is 26.2 Å². The molecule has 0 saturated carbocycles. The summed E-state index contributed by atoms with van der Waals surface area (Å²) >= 11 is 5.31. The normalized spacial score (nSPS) is 10.4. The summed E-state index contributed by atoms with van der Waals surface area (Å²) in [5.74, 6) is -0.883. The van der Waals surface area contributed by atoms with Crippen LogP contribution in [0.3, 0.4) is 0 Å². The first-order valence-corrected chi connectivity index (χ1v) is 5.81. The molecule has 0 aromatic heterocycles. The summed E-state index contributed by atoms with van der Waals surface area (Å²) in [5, 5.41) is 0. The van der Waals surface area contributed by atoms with Gasteiger partial charge < -0.3 is 9.47 Å². The molecular formula is C11H17ClO4. The molecule has 5 heteroatoms. The minimum Gasteiger partial charge on any atom is -0.463 e. The number of rotatable bonds is 8. The van der Waals surface area contributed by atoms with Crippen molar-refractivity contribution in [2.75, 3.05) is 19.1 Å². The van der Waals surface area contributed by atoms with Crippen molar-refractivity contribution < 1.29 is 19.1 Å². The molecule has 0 aromatic rings. The third kappa shape index (κ3) is 9.52.